The Kier molecular flexibility index (Phi) is 70.4. The second-order valence-corrected chi connectivity index (χ2v) is 25.6. The van der Waals surface area contributed by atoms with Gasteiger partial charge in [-0.05, 0) is 89.9 Å². The number of carbonyl (C=O) groups is 2. The molecule has 0 heterocycles. The number of carbonyl (C=O) groups excluding carboxylic acids is 2. The first kappa shape index (κ1) is 80.8. The monoisotopic (exact) mass is 1160 g/mol. The van der Waals surface area contributed by atoms with E-state index in [9.17, 15) is 19.8 Å². The van der Waals surface area contributed by atoms with Crippen molar-refractivity contribution >= 4 is 11.9 Å². The van der Waals surface area contributed by atoms with Gasteiger partial charge in [-0.25, -0.2) is 0 Å². The molecule has 0 saturated heterocycles. The Labute approximate surface area is 518 Å². The van der Waals surface area contributed by atoms with E-state index in [4.69, 9.17) is 4.74 Å². The van der Waals surface area contributed by atoms with E-state index in [0.29, 0.717) is 19.4 Å². The van der Waals surface area contributed by atoms with Gasteiger partial charge in [-0.1, -0.05) is 351 Å². The maximum absolute atomic E-state index is 12.5. The lowest BCUT2D eigenvalue weighted by atomic mass is 10.0. The maximum Gasteiger partial charge on any atom is 0.305 e. The second-order valence-electron chi connectivity index (χ2n) is 25.6. The molecule has 0 saturated carbocycles. The summed E-state index contributed by atoms with van der Waals surface area (Å²) in [6, 6.07) is -0.624. The van der Waals surface area contributed by atoms with Crippen molar-refractivity contribution in [1.29, 1.82) is 0 Å². The molecule has 6 heteroatoms. The number of amides is 1. The Hall–Kier alpha value is -2.18. The Morgan fingerprint density at radius 1 is 0.337 bits per heavy atom. The lowest BCUT2D eigenvalue weighted by molar-refractivity contribution is -0.143. The highest BCUT2D eigenvalue weighted by atomic mass is 16.5. The molecular weight excluding hydrogens is 1020 g/mol. The van der Waals surface area contributed by atoms with E-state index in [1.807, 2.05) is 6.08 Å². The molecule has 0 aliphatic carbocycles. The molecule has 0 aliphatic rings. The van der Waals surface area contributed by atoms with Gasteiger partial charge in [-0.2, -0.15) is 0 Å². The molecule has 0 fully saturated rings. The zero-order valence-electron chi connectivity index (χ0n) is 55.9. The van der Waals surface area contributed by atoms with Gasteiger partial charge in [0.05, 0.1) is 25.4 Å². The van der Waals surface area contributed by atoms with Gasteiger partial charge < -0.3 is 20.3 Å². The highest BCUT2D eigenvalue weighted by Gasteiger charge is 2.18. The third-order valence-corrected chi connectivity index (χ3v) is 17.3. The molecule has 0 spiro atoms. The zero-order chi connectivity index (χ0) is 59.9. The minimum absolute atomic E-state index is 0.0136. The van der Waals surface area contributed by atoms with Crippen molar-refractivity contribution in [3.63, 3.8) is 0 Å². The van der Waals surface area contributed by atoms with Crippen LogP contribution in [0.1, 0.15) is 406 Å². The summed E-state index contributed by atoms with van der Waals surface area (Å²) >= 11 is 0. The Morgan fingerprint density at radius 2 is 0.602 bits per heavy atom. The third kappa shape index (κ3) is 68.8. The quantitative estimate of drug-likeness (QED) is 0.0320. The number of allylic oxidation sites excluding steroid dienone is 7. The Bertz CT molecular complexity index is 1390. The molecule has 2 unspecified atom stereocenters. The average molecular weight is 1170 g/mol. The normalized spacial score (nSPS) is 12.8. The second kappa shape index (κ2) is 72.3. The van der Waals surface area contributed by atoms with Gasteiger partial charge in [0.15, 0.2) is 0 Å². The summed E-state index contributed by atoms with van der Waals surface area (Å²) in [6.45, 7) is 4.89. The number of esters is 1. The number of unbranched alkanes of at least 4 members (excludes halogenated alkanes) is 53. The highest BCUT2D eigenvalue weighted by molar-refractivity contribution is 5.76. The fourth-order valence-corrected chi connectivity index (χ4v) is 11.6. The van der Waals surface area contributed by atoms with E-state index in [1.165, 1.54) is 327 Å². The molecule has 0 aliphatic heterocycles. The lowest BCUT2D eigenvalue weighted by Gasteiger charge is -2.20. The van der Waals surface area contributed by atoms with Crippen molar-refractivity contribution in [3.8, 4) is 0 Å². The van der Waals surface area contributed by atoms with Gasteiger partial charge in [0, 0.05) is 12.8 Å². The summed E-state index contributed by atoms with van der Waals surface area (Å²) in [7, 11) is 0. The molecule has 0 aromatic rings. The van der Waals surface area contributed by atoms with Gasteiger partial charge in [-0.3, -0.25) is 9.59 Å². The standard InChI is InChI=1S/C77H145NO5/c1-3-5-7-9-11-13-15-17-18-40-44-47-51-55-59-63-67-71-77(82)83-72-68-64-60-56-52-48-45-42-39-37-35-33-31-29-27-25-23-21-19-20-22-24-26-28-30-32-34-36-38-41-43-46-50-54-58-62-66-70-76(81)78-74(73-79)75(80)69-65-61-57-53-49-16-14-12-10-8-6-4-2/h11,13,17-19,21,65,69,74-75,79-80H,3-10,12,14-16,20,22-64,66-68,70-73H2,1-2H3,(H,78,81)/b13-11-,18-17-,21-19-,69-65+. The number of rotatable bonds is 70. The highest BCUT2D eigenvalue weighted by Crippen LogP contribution is 2.19. The molecule has 0 bridgehead atoms. The van der Waals surface area contributed by atoms with Crippen molar-refractivity contribution < 1.29 is 24.5 Å². The smallest absolute Gasteiger partial charge is 0.305 e. The van der Waals surface area contributed by atoms with Gasteiger partial charge in [0.1, 0.15) is 0 Å². The summed E-state index contributed by atoms with van der Waals surface area (Å²) in [5.74, 6) is -0.0497. The summed E-state index contributed by atoms with van der Waals surface area (Å²) in [5.41, 5.74) is 0. The van der Waals surface area contributed by atoms with Crippen molar-refractivity contribution in [2.75, 3.05) is 13.2 Å². The zero-order valence-corrected chi connectivity index (χ0v) is 55.9. The van der Waals surface area contributed by atoms with E-state index in [2.05, 4.69) is 55.6 Å². The first-order valence-corrected chi connectivity index (χ1v) is 37.4. The largest absolute Gasteiger partial charge is 0.466 e. The summed E-state index contributed by atoms with van der Waals surface area (Å²) in [6.07, 6.45) is 95.1. The predicted octanol–water partition coefficient (Wildman–Crippen LogP) is 24.4. The summed E-state index contributed by atoms with van der Waals surface area (Å²) < 4.78 is 5.50. The molecule has 0 rings (SSSR count). The molecule has 6 nitrogen and oxygen atoms in total. The SMILES string of the molecule is CCCCC/C=C\C/C=C\CCCCCCCCCC(=O)OCCCCCCCCCCCCCCCCCC/C=C\CCCCCCCCCCCCCCCCCCCC(=O)NC(CO)C(O)/C=C/CCCCCCCCCCCC. The van der Waals surface area contributed by atoms with Crippen LogP contribution < -0.4 is 5.32 Å². The van der Waals surface area contributed by atoms with E-state index in [1.54, 1.807) is 6.08 Å². The van der Waals surface area contributed by atoms with Crippen molar-refractivity contribution in [3.05, 3.63) is 48.6 Å². The fourth-order valence-electron chi connectivity index (χ4n) is 11.6. The molecule has 0 aromatic heterocycles. The van der Waals surface area contributed by atoms with E-state index < -0.39 is 12.1 Å². The van der Waals surface area contributed by atoms with Crippen LogP contribution in [0.15, 0.2) is 48.6 Å². The molecule has 3 N–H and O–H groups in total. The molecule has 0 radical (unpaired) electrons. The molecule has 1 amide bonds. The van der Waals surface area contributed by atoms with Crippen LogP contribution in [0, 0.1) is 0 Å². The van der Waals surface area contributed by atoms with Crippen LogP contribution in [0.4, 0.5) is 0 Å². The van der Waals surface area contributed by atoms with Gasteiger partial charge in [0.2, 0.25) is 5.91 Å². The van der Waals surface area contributed by atoms with Crippen LogP contribution in [0.5, 0.6) is 0 Å². The first-order valence-electron chi connectivity index (χ1n) is 37.4. The topological polar surface area (TPSA) is 95.9 Å². The first-order chi connectivity index (χ1) is 41.0. The van der Waals surface area contributed by atoms with Gasteiger partial charge in [-0.15, -0.1) is 0 Å². The number of ether oxygens (including phenoxy) is 1. The maximum atomic E-state index is 12.5. The van der Waals surface area contributed by atoms with Crippen LogP contribution in [-0.4, -0.2) is 47.4 Å². The van der Waals surface area contributed by atoms with Crippen molar-refractivity contribution in [1.82, 2.24) is 5.32 Å². The Morgan fingerprint density at radius 3 is 0.952 bits per heavy atom. The van der Waals surface area contributed by atoms with Gasteiger partial charge in [0.25, 0.3) is 0 Å². The van der Waals surface area contributed by atoms with Crippen LogP contribution in [-0.2, 0) is 14.3 Å². The molecule has 2 atom stereocenters. The molecular formula is C77H145NO5. The van der Waals surface area contributed by atoms with E-state index in [-0.39, 0.29) is 18.5 Å². The van der Waals surface area contributed by atoms with Crippen molar-refractivity contribution in [2.45, 2.75) is 418 Å². The lowest BCUT2D eigenvalue weighted by Crippen LogP contribution is -2.45. The van der Waals surface area contributed by atoms with Crippen LogP contribution >= 0.6 is 0 Å². The van der Waals surface area contributed by atoms with E-state index in [0.717, 1.165) is 51.4 Å². The van der Waals surface area contributed by atoms with E-state index >= 15 is 0 Å². The van der Waals surface area contributed by atoms with Crippen LogP contribution in [0.25, 0.3) is 0 Å². The predicted molar refractivity (Wildman–Crippen MR) is 366 cm³/mol. The molecule has 488 valence electrons. The summed E-state index contributed by atoms with van der Waals surface area (Å²) in [5, 5.41) is 23.1. The Balaban J connectivity index is 3.33. The van der Waals surface area contributed by atoms with Crippen LogP contribution in [0.2, 0.25) is 0 Å². The number of aliphatic hydroxyl groups excluding tert-OH is 2. The number of aliphatic hydroxyl groups is 2. The number of hydrogen-bond donors (Lipinski definition) is 3. The minimum Gasteiger partial charge on any atom is -0.466 e. The van der Waals surface area contributed by atoms with Gasteiger partial charge >= 0.3 is 5.97 Å². The third-order valence-electron chi connectivity index (χ3n) is 17.3. The van der Waals surface area contributed by atoms with Crippen molar-refractivity contribution in [2.24, 2.45) is 0 Å². The number of hydrogen-bond acceptors (Lipinski definition) is 5. The minimum atomic E-state index is -0.841. The number of nitrogens with one attached hydrogen (secondary N) is 1. The average Bonchev–Trinajstić information content (AvgIpc) is 3.49. The van der Waals surface area contributed by atoms with Crippen LogP contribution in [0.3, 0.4) is 0 Å². The molecule has 0 aromatic carbocycles. The fraction of sp³-hybridized carbons (Fsp3) is 0.870. The molecule has 83 heavy (non-hydrogen) atoms. The summed E-state index contributed by atoms with van der Waals surface area (Å²) in [4.78, 5) is 24.6.